The van der Waals surface area contributed by atoms with Gasteiger partial charge < -0.3 is 10.6 Å². The van der Waals surface area contributed by atoms with Crippen molar-refractivity contribution in [1.82, 2.24) is 9.97 Å². The number of benzene rings is 3. The van der Waals surface area contributed by atoms with Crippen molar-refractivity contribution in [1.29, 1.82) is 0 Å². The van der Waals surface area contributed by atoms with Crippen LogP contribution in [0.15, 0.2) is 103 Å². The molecule has 0 saturated heterocycles. The Hall–Kier alpha value is -4.62. The Morgan fingerprint density at radius 3 is 2.30 bits per heavy atom. The van der Waals surface area contributed by atoms with Crippen molar-refractivity contribution in [2.45, 2.75) is 25.2 Å². The van der Waals surface area contributed by atoms with Crippen molar-refractivity contribution in [2.75, 3.05) is 10.6 Å². The third kappa shape index (κ3) is 4.01. The summed E-state index contributed by atoms with van der Waals surface area (Å²) < 4.78 is 0. The zero-order chi connectivity index (χ0) is 27.3. The van der Waals surface area contributed by atoms with E-state index in [4.69, 9.17) is 4.98 Å². The van der Waals surface area contributed by atoms with Crippen LogP contribution >= 0.6 is 11.3 Å². The van der Waals surface area contributed by atoms with Gasteiger partial charge in [0.2, 0.25) is 5.91 Å². The predicted molar refractivity (Wildman–Crippen MR) is 158 cm³/mol. The third-order valence-electron chi connectivity index (χ3n) is 8.21. The summed E-state index contributed by atoms with van der Waals surface area (Å²) in [5.74, 6) is -0.0589. The normalized spacial score (nSPS) is 20.3. The van der Waals surface area contributed by atoms with Gasteiger partial charge in [0.15, 0.2) is 5.13 Å². The van der Waals surface area contributed by atoms with Crippen LogP contribution in [0.2, 0.25) is 0 Å². The van der Waals surface area contributed by atoms with Crippen molar-refractivity contribution in [3.8, 4) is 11.3 Å². The zero-order valence-corrected chi connectivity index (χ0v) is 22.6. The van der Waals surface area contributed by atoms with Crippen LogP contribution in [0.1, 0.15) is 57.8 Å². The van der Waals surface area contributed by atoms with E-state index in [1.807, 2.05) is 23.6 Å². The predicted octanol–water partition coefficient (Wildman–Crippen LogP) is 7.08. The van der Waals surface area contributed by atoms with Crippen LogP contribution in [0.5, 0.6) is 0 Å². The molecule has 7 heteroatoms. The van der Waals surface area contributed by atoms with Gasteiger partial charge >= 0.3 is 0 Å². The summed E-state index contributed by atoms with van der Waals surface area (Å²) in [4.78, 5) is 35.5. The van der Waals surface area contributed by atoms with E-state index < -0.39 is 5.41 Å². The van der Waals surface area contributed by atoms with Gasteiger partial charge in [-0.05, 0) is 59.9 Å². The number of thiazole rings is 1. The van der Waals surface area contributed by atoms with Gasteiger partial charge in [0.25, 0.3) is 5.91 Å². The highest BCUT2D eigenvalue weighted by atomic mass is 32.1. The first-order chi connectivity index (χ1) is 19.5. The Kier molecular flexibility index (Phi) is 5.82. The molecule has 2 heterocycles. The van der Waals surface area contributed by atoms with Gasteiger partial charge in [-0.3, -0.25) is 14.6 Å². The lowest BCUT2D eigenvalue weighted by Gasteiger charge is -2.50. The summed E-state index contributed by atoms with van der Waals surface area (Å²) >= 11 is 1.39. The third-order valence-corrected chi connectivity index (χ3v) is 8.97. The number of nitrogens with one attached hydrogen (secondary N) is 2. The minimum atomic E-state index is -0.608. The average molecular weight is 543 g/mol. The van der Waals surface area contributed by atoms with E-state index in [1.54, 1.807) is 30.6 Å². The molecule has 0 aliphatic heterocycles. The first-order valence-electron chi connectivity index (χ1n) is 13.3. The van der Waals surface area contributed by atoms with Crippen LogP contribution in [0.25, 0.3) is 11.3 Å². The lowest BCUT2D eigenvalue weighted by atomic mass is 9.52. The van der Waals surface area contributed by atoms with Gasteiger partial charge in [-0.1, -0.05) is 60.7 Å². The molecule has 1 atom stereocenters. The van der Waals surface area contributed by atoms with Crippen molar-refractivity contribution < 1.29 is 9.59 Å². The Morgan fingerprint density at radius 1 is 0.875 bits per heavy atom. The minimum absolute atomic E-state index is 0.0145. The van der Waals surface area contributed by atoms with E-state index in [-0.39, 0.29) is 23.7 Å². The Bertz CT molecular complexity index is 1720. The molecule has 2 N–H and O–H groups in total. The molecular formula is C33H26N4O2S. The summed E-state index contributed by atoms with van der Waals surface area (Å²) in [5.41, 5.74) is 7.22. The highest BCUT2D eigenvalue weighted by Gasteiger charge is 2.53. The number of amides is 2. The molecule has 5 aromatic rings. The summed E-state index contributed by atoms with van der Waals surface area (Å²) in [6.07, 6.45) is 4.02. The van der Waals surface area contributed by atoms with Crippen LogP contribution < -0.4 is 10.6 Å². The second-order valence-electron chi connectivity index (χ2n) is 10.6. The number of pyridine rings is 1. The van der Waals surface area contributed by atoms with Crippen LogP contribution in [0, 0.1) is 5.41 Å². The fourth-order valence-corrected chi connectivity index (χ4v) is 7.07. The number of hydrogen-bond acceptors (Lipinski definition) is 5. The molecule has 0 spiro atoms. The number of aromatic nitrogens is 2. The van der Waals surface area contributed by atoms with Crippen molar-refractivity contribution in [3.63, 3.8) is 0 Å². The second kappa shape index (κ2) is 9.54. The molecule has 1 unspecified atom stereocenters. The maximum absolute atomic E-state index is 14.0. The fraction of sp³-hybridized carbons (Fsp3) is 0.152. The van der Waals surface area contributed by atoms with Gasteiger partial charge in [0, 0.05) is 34.5 Å². The molecule has 3 aliphatic rings. The summed E-state index contributed by atoms with van der Waals surface area (Å²) in [6, 6.07) is 28.0. The van der Waals surface area contributed by atoms with Gasteiger partial charge in [-0.25, -0.2) is 4.98 Å². The first-order valence-corrected chi connectivity index (χ1v) is 14.2. The van der Waals surface area contributed by atoms with Gasteiger partial charge in [0.05, 0.1) is 23.0 Å². The fourth-order valence-electron chi connectivity index (χ4n) is 6.35. The van der Waals surface area contributed by atoms with Gasteiger partial charge in [-0.15, -0.1) is 11.3 Å². The van der Waals surface area contributed by atoms with E-state index in [1.165, 1.54) is 33.6 Å². The van der Waals surface area contributed by atoms with Crippen LogP contribution in [0.4, 0.5) is 10.8 Å². The number of rotatable bonds is 5. The van der Waals surface area contributed by atoms with E-state index in [0.717, 1.165) is 12.0 Å². The smallest absolute Gasteiger partial charge is 0.255 e. The number of carbonyl (C=O) groups excluding carboxylic acids is 2. The van der Waals surface area contributed by atoms with Crippen molar-refractivity contribution in [2.24, 2.45) is 5.41 Å². The molecule has 196 valence electrons. The molecule has 3 aromatic carbocycles. The largest absolute Gasteiger partial charge is 0.321 e. The number of hydrogen-bond donors (Lipinski definition) is 2. The molecule has 2 bridgehead atoms. The number of carbonyl (C=O) groups is 2. The van der Waals surface area contributed by atoms with Crippen LogP contribution in [-0.2, 0) is 4.79 Å². The molecule has 2 amide bonds. The lowest BCUT2D eigenvalue weighted by molar-refractivity contribution is -0.126. The molecule has 8 rings (SSSR count). The summed E-state index contributed by atoms with van der Waals surface area (Å²) in [6.45, 7) is 2.09. The Balaban J connectivity index is 1.13. The first kappa shape index (κ1) is 24.4. The average Bonchev–Trinajstić information content (AvgIpc) is 3.46. The maximum atomic E-state index is 14.0. The number of fused-ring (bicyclic) bond motifs is 1. The van der Waals surface area contributed by atoms with Crippen LogP contribution in [0.3, 0.4) is 0 Å². The van der Waals surface area contributed by atoms with Crippen LogP contribution in [-0.4, -0.2) is 21.8 Å². The van der Waals surface area contributed by atoms with E-state index in [2.05, 4.69) is 71.1 Å². The number of nitrogens with zero attached hydrogens (tertiary/aromatic N) is 2. The summed E-state index contributed by atoms with van der Waals surface area (Å²) in [7, 11) is 0. The quantitative estimate of drug-likeness (QED) is 0.249. The maximum Gasteiger partial charge on any atom is 0.255 e. The van der Waals surface area contributed by atoms with Crippen molar-refractivity contribution >= 4 is 34.0 Å². The van der Waals surface area contributed by atoms with E-state index in [9.17, 15) is 9.59 Å². The molecule has 0 saturated carbocycles. The standard InChI is InChI=1S/C33H26N4O2S/c1-33(17-27-23-11-2-4-13-25(23)29(33)26-14-5-3-12-24(26)27)31(39)37-32-36-28(19-40-32)20-8-6-9-21(16-20)30(38)35-22-10-7-15-34-18-22/h2-16,18-19,27,29H,17H2,1H3,(H,35,38)(H,36,37,39). The molecular weight excluding hydrogens is 516 g/mol. The van der Waals surface area contributed by atoms with Crippen molar-refractivity contribution in [3.05, 3.63) is 131 Å². The summed E-state index contributed by atoms with van der Waals surface area (Å²) in [5, 5.41) is 8.46. The molecule has 40 heavy (non-hydrogen) atoms. The highest BCUT2D eigenvalue weighted by Crippen LogP contribution is 2.61. The van der Waals surface area contributed by atoms with Gasteiger partial charge in [0.1, 0.15) is 0 Å². The molecule has 0 fully saturated rings. The molecule has 2 aromatic heterocycles. The van der Waals surface area contributed by atoms with Gasteiger partial charge in [-0.2, -0.15) is 0 Å². The topological polar surface area (TPSA) is 84.0 Å². The van der Waals surface area contributed by atoms with E-state index in [0.29, 0.717) is 22.1 Å². The second-order valence-corrected chi connectivity index (χ2v) is 11.5. The monoisotopic (exact) mass is 542 g/mol. The lowest BCUT2D eigenvalue weighted by Crippen LogP contribution is -2.47. The van der Waals surface area contributed by atoms with E-state index >= 15 is 0 Å². The highest BCUT2D eigenvalue weighted by molar-refractivity contribution is 7.14. The minimum Gasteiger partial charge on any atom is -0.321 e. The molecule has 0 radical (unpaired) electrons. The molecule has 3 aliphatic carbocycles. The Morgan fingerprint density at radius 2 is 1.60 bits per heavy atom. The molecule has 6 nitrogen and oxygen atoms in total. The Labute approximate surface area is 236 Å². The SMILES string of the molecule is CC1(C(=O)Nc2nc(-c3cccc(C(=O)Nc4cccnc4)c3)cs2)CC2c3ccccc3C1c1ccccc12. The zero-order valence-electron chi connectivity index (χ0n) is 21.8. The number of anilines is 2.